The van der Waals surface area contributed by atoms with Gasteiger partial charge >= 0.3 is 6.18 Å². The lowest BCUT2D eigenvalue weighted by Crippen LogP contribution is -2.24. The number of hydrogen-bond acceptors (Lipinski definition) is 4. The van der Waals surface area contributed by atoms with Crippen LogP contribution >= 0.6 is 0 Å². The van der Waals surface area contributed by atoms with Crippen molar-refractivity contribution in [2.45, 2.75) is 51.7 Å². The lowest BCUT2D eigenvalue weighted by atomic mass is 9.96. The molecule has 1 aliphatic rings. The summed E-state index contributed by atoms with van der Waals surface area (Å²) in [6.45, 7) is 7.94. The van der Waals surface area contributed by atoms with Crippen molar-refractivity contribution in [1.29, 1.82) is 0 Å². The van der Waals surface area contributed by atoms with E-state index in [4.69, 9.17) is 9.97 Å². The summed E-state index contributed by atoms with van der Waals surface area (Å²) in [6, 6.07) is 5.64. The number of aromatic nitrogens is 4. The highest BCUT2D eigenvalue weighted by atomic mass is 19.4. The van der Waals surface area contributed by atoms with Crippen molar-refractivity contribution in [3.8, 4) is 0 Å². The largest absolute Gasteiger partial charge is 0.416 e. The van der Waals surface area contributed by atoms with Crippen molar-refractivity contribution in [3.63, 3.8) is 0 Å². The van der Waals surface area contributed by atoms with Gasteiger partial charge in [-0.25, -0.2) is 15.0 Å². The third-order valence-electron chi connectivity index (χ3n) is 5.19. The van der Waals surface area contributed by atoms with E-state index in [9.17, 15) is 13.2 Å². The smallest absolute Gasteiger partial charge is 0.355 e. The highest BCUT2D eigenvalue weighted by Crippen LogP contribution is 2.33. The van der Waals surface area contributed by atoms with Gasteiger partial charge in [0.15, 0.2) is 17.0 Å². The summed E-state index contributed by atoms with van der Waals surface area (Å²) in [6.07, 6.45) is -0.649. The lowest BCUT2D eigenvalue weighted by Gasteiger charge is -2.22. The Morgan fingerprint density at radius 1 is 1.00 bits per heavy atom. The minimum absolute atomic E-state index is 0.0478. The highest BCUT2D eigenvalue weighted by molar-refractivity contribution is 5.84. The van der Waals surface area contributed by atoms with Crippen molar-refractivity contribution in [3.05, 3.63) is 47.5 Å². The van der Waals surface area contributed by atoms with Crippen LogP contribution in [-0.2, 0) is 18.1 Å². The van der Waals surface area contributed by atoms with Gasteiger partial charge < -0.3 is 9.47 Å². The van der Waals surface area contributed by atoms with Crippen LogP contribution in [0.5, 0.6) is 0 Å². The van der Waals surface area contributed by atoms with Gasteiger partial charge in [0.25, 0.3) is 0 Å². The van der Waals surface area contributed by atoms with E-state index in [-0.39, 0.29) is 17.5 Å². The molecule has 0 spiro atoms. The Bertz CT molecular complexity index is 1030. The molecule has 0 radical (unpaired) electrons. The van der Waals surface area contributed by atoms with E-state index in [1.54, 1.807) is 17.0 Å². The summed E-state index contributed by atoms with van der Waals surface area (Å²) >= 11 is 0. The molecule has 154 valence electrons. The first kappa shape index (κ1) is 19.7. The Morgan fingerprint density at radius 2 is 1.69 bits per heavy atom. The van der Waals surface area contributed by atoms with Crippen molar-refractivity contribution in [2.24, 2.45) is 0 Å². The Balaban J connectivity index is 1.84. The molecule has 1 saturated heterocycles. The third kappa shape index (κ3) is 3.80. The van der Waals surface area contributed by atoms with Crippen LogP contribution < -0.4 is 4.90 Å². The van der Waals surface area contributed by atoms with Gasteiger partial charge in [-0.15, -0.1) is 0 Å². The van der Waals surface area contributed by atoms with Gasteiger partial charge in [0, 0.05) is 18.5 Å². The van der Waals surface area contributed by atoms with Gasteiger partial charge in [0.1, 0.15) is 5.82 Å². The average Bonchev–Trinajstić information content (AvgIpc) is 3.30. The molecule has 0 bridgehead atoms. The molecule has 1 aromatic carbocycles. The Morgan fingerprint density at radius 3 is 2.34 bits per heavy atom. The van der Waals surface area contributed by atoms with Crippen LogP contribution in [0, 0.1) is 0 Å². The second kappa shape index (κ2) is 7.00. The lowest BCUT2D eigenvalue weighted by molar-refractivity contribution is -0.138. The molecular weight excluding hydrogens is 379 g/mol. The molecular formula is C21H24F3N5. The van der Waals surface area contributed by atoms with E-state index < -0.39 is 11.7 Å². The molecule has 4 rings (SSSR count). The molecule has 0 aliphatic carbocycles. The number of fused-ring (bicyclic) bond motifs is 1. The van der Waals surface area contributed by atoms with Crippen molar-refractivity contribution in [2.75, 3.05) is 18.0 Å². The fraction of sp³-hybridized carbons (Fsp3) is 0.476. The third-order valence-corrected chi connectivity index (χ3v) is 5.19. The number of imidazole rings is 1. The van der Waals surface area contributed by atoms with Crippen LogP contribution in [0.4, 0.5) is 19.0 Å². The summed E-state index contributed by atoms with van der Waals surface area (Å²) in [5.41, 5.74) is 0.486. The predicted molar refractivity (Wildman–Crippen MR) is 106 cm³/mol. The van der Waals surface area contributed by atoms with E-state index in [0.717, 1.165) is 37.8 Å². The highest BCUT2D eigenvalue weighted by Gasteiger charge is 2.33. The Hall–Kier alpha value is -2.64. The summed E-state index contributed by atoms with van der Waals surface area (Å²) in [5, 5.41) is 0. The second-order valence-corrected chi connectivity index (χ2v) is 8.51. The van der Waals surface area contributed by atoms with Crippen molar-refractivity contribution < 1.29 is 13.2 Å². The molecule has 2 aromatic heterocycles. The molecule has 5 nitrogen and oxygen atoms in total. The zero-order valence-corrected chi connectivity index (χ0v) is 16.8. The predicted octanol–water partition coefficient (Wildman–Crippen LogP) is 4.79. The summed E-state index contributed by atoms with van der Waals surface area (Å²) in [5.74, 6) is 1.44. The number of hydrogen-bond donors (Lipinski definition) is 0. The quantitative estimate of drug-likeness (QED) is 0.631. The van der Waals surface area contributed by atoms with Gasteiger partial charge in [-0.2, -0.15) is 13.2 Å². The first-order chi connectivity index (χ1) is 13.6. The number of halogens is 3. The fourth-order valence-corrected chi connectivity index (χ4v) is 3.65. The molecule has 1 aliphatic heterocycles. The molecule has 0 saturated carbocycles. The Kier molecular flexibility index (Phi) is 4.75. The van der Waals surface area contributed by atoms with Gasteiger partial charge in [0.05, 0.1) is 18.4 Å². The van der Waals surface area contributed by atoms with Crippen LogP contribution in [0.2, 0.25) is 0 Å². The minimum Gasteiger partial charge on any atom is -0.355 e. The fourth-order valence-electron chi connectivity index (χ4n) is 3.65. The van der Waals surface area contributed by atoms with Gasteiger partial charge in [-0.1, -0.05) is 39.0 Å². The molecule has 3 heterocycles. The maximum absolute atomic E-state index is 13.4. The monoisotopic (exact) mass is 403 g/mol. The van der Waals surface area contributed by atoms with Crippen molar-refractivity contribution >= 4 is 17.0 Å². The van der Waals surface area contributed by atoms with Gasteiger partial charge in [-0.3, -0.25) is 0 Å². The molecule has 29 heavy (non-hydrogen) atoms. The van der Waals surface area contributed by atoms with Crippen molar-refractivity contribution in [1.82, 2.24) is 19.5 Å². The van der Waals surface area contributed by atoms with Crippen LogP contribution in [0.3, 0.4) is 0 Å². The second-order valence-electron chi connectivity index (χ2n) is 8.51. The number of anilines is 1. The number of nitrogens with zero attached hydrogens (tertiary/aromatic N) is 5. The SMILES string of the molecule is CC(C)(C)c1nc(N2CCCC2)c2ncn(Cc3ccccc3C(F)(F)F)c2n1. The zero-order valence-electron chi connectivity index (χ0n) is 16.8. The zero-order chi connectivity index (χ0) is 20.8. The van der Waals surface area contributed by atoms with E-state index in [1.807, 2.05) is 20.8 Å². The summed E-state index contributed by atoms with van der Waals surface area (Å²) in [7, 11) is 0. The van der Waals surface area contributed by atoms with E-state index in [1.165, 1.54) is 12.1 Å². The molecule has 0 unspecified atom stereocenters. The minimum atomic E-state index is -4.40. The summed E-state index contributed by atoms with van der Waals surface area (Å²) in [4.78, 5) is 16.2. The average molecular weight is 403 g/mol. The Labute approximate surface area is 167 Å². The van der Waals surface area contributed by atoms with E-state index in [2.05, 4.69) is 9.88 Å². The summed E-state index contributed by atoms with van der Waals surface area (Å²) < 4.78 is 42.0. The molecule has 3 aromatic rings. The maximum atomic E-state index is 13.4. The number of benzene rings is 1. The number of alkyl halides is 3. The molecule has 8 heteroatoms. The normalized spacial score (nSPS) is 15.4. The van der Waals surface area contributed by atoms with Gasteiger partial charge in [-0.05, 0) is 24.5 Å². The van der Waals surface area contributed by atoms with Crippen LogP contribution in [0.15, 0.2) is 30.6 Å². The molecule has 1 fully saturated rings. The molecule has 0 atom stereocenters. The van der Waals surface area contributed by atoms with Crippen LogP contribution in [-0.4, -0.2) is 32.6 Å². The molecule has 0 N–H and O–H groups in total. The molecule has 0 amide bonds. The van der Waals surface area contributed by atoms with Crippen LogP contribution in [0.1, 0.15) is 50.6 Å². The first-order valence-corrected chi connectivity index (χ1v) is 9.78. The number of rotatable bonds is 3. The van der Waals surface area contributed by atoms with E-state index in [0.29, 0.717) is 17.0 Å². The topological polar surface area (TPSA) is 46.8 Å². The van der Waals surface area contributed by atoms with Gasteiger partial charge in [0.2, 0.25) is 0 Å². The standard InChI is InChI=1S/C21H24F3N5/c1-20(2,3)19-26-17(28-10-6-7-11-28)16-18(27-19)29(13-25-16)12-14-8-4-5-9-15(14)21(22,23)24/h4-5,8-9,13H,6-7,10-12H2,1-3H3. The first-order valence-electron chi connectivity index (χ1n) is 9.78. The maximum Gasteiger partial charge on any atom is 0.416 e. The van der Waals surface area contributed by atoms with Crippen LogP contribution in [0.25, 0.3) is 11.2 Å². The van der Waals surface area contributed by atoms with E-state index >= 15 is 0 Å².